The molecule has 0 spiro atoms. The zero-order valence-electron chi connectivity index (χ0n) is 9.80. The van der Waals surface area contributed by atoms with E-state index in [0.29, 0.717) is 5.82 Å². The van der Waals surface area contributed by atoms with Gasteiger partial charge in [-0.1, -0.05) is 0 Å². The zero-order valence-corrected chi connectivity index (χ0v) is 9.80. The first-order valence-electron chi connectivity index (χ1n) is 5.25. The molecule has 17 heavy (non-hydrogen) atoms. The molecule has 0 saturated carbocycles. The molecule has 2 amide bonds. The Balaban J connectivity index is 2.50. The van der Waals surface area contributed by atoms with Crippen molar-refractivity contribution in [2.75, 3.05) is 6.54 Å². The normalized spacial score (nSPS) is 10.3. The lowest BCUT2D eigenvalue weighted by molar-refractivity contribution is -0.138. The topological polar surface area (TPSA) is 98.3 Å². The largest absolute Gasteiger partial charge is 0.480 e. The predicted molar refractivity (Wildman–Crippen MR) is 60.3 cm³/mol. The fourth-order valence-corrected chi connectivity index (χ4v) is 1.29. The number of aromatic amines is 1. The van der Waals surface area contributed by atoms with Gasteiger partial charge in [0.1, 0.15) is 12.4 Å². The highest BCUT2D eigenvalue weighted by atomic mass is 16.4. The molecule has 1 heterocycles. The number of carboxylic acids is 1. The number of aliphatic carboxylic acids is 1. The zero-order chi connectivity index (χ0) is 12.8. The van der Waals surface area contributed by atoms with Crippen LogP contribution in [0.15, 0.2) is 12.4 Å². The third-order valence-electron chi connectivity index (χ3n) is 2.15. The number of urea groups is 1. The van der Waals surface area contributed by atoms with Gasteiger partial charge >= 0.3 is 12.0 Å². The number of imidazole rings is 1. The summed E-state index contributed by atoms with van der Waals surface area (Å²) in [6.07, 6.45) is 3.23. The Morgan fingerprint density at radius 2 is 2.29 bits per heavy atom. The van der Waals surface area contributed by atoms with Crippen LogP contribution in [0, 0.1) is 0 Å². The Hall–Kier alpha value is -2.05. The van der Waals surface area contributed by atoms with Gasteiger partial charge < -0.3 is 20.3 Å². The van der Waals surface area contributed by atoms with Crippen LogP contribution in [-0.4, -0.2) is 44.6 Å². The van der Waals surface area contributed by atoms with Crippen molar-refractivity contribution in [1.82, 2.24) is 20.2 Å². The molecule has 1 rings (SSSR count). The number of carboxylic acid groups (broad SMARTS) is 1. The molecule has 0 unspecified atom stereocenters. The smallest absolute Gasteiger partial charge is 0.323 e. The molecule has 3 N–H and O–H groups in total. The van der Waals surface area contributed by atoms with E-state index in [4.69, 9.17) is 5.11 Å². The molecule has 1 aromatic heterocycles. The van der Waals surface area contributed by atoms with Crippen LogP contribution < -0.4 is 5.32 Å². The molecule has 0 atom stereocenters. The highest BCUT2D eigenvalue weighted by molar-refractivity contribution is 5.80. The molecule has 0 aliphatic rings. The highest BCUT2D eigenvalue weighted by Gasteiger charge is 2.19. The molecule has 1 aromatic rings. The Morgan fingerprint density at radius 3 is 2.76 bits per heavy atom. The lowest BCUT2D eigenvalue weighted by atomic mass is 10.3. The molecule has 7 heteroatoms. The maximum atomic E-state index is 11.7. The second-order valence-electron chi connectivity index (χ2n) is 3.81. The van der Waals surface area contributed by atoms with E-state index in [-0.39, 0.29) is 19.1 Å². The van der Waals surface area contributed by atoms with Crippen LogP contribution >= 0.6 is 0 Å². The Morgan fingerprint density at radius 1 is 1.59 bits per heavy atom. The quantitative estimate of drug-likeness (QED) is 0.694. The van der Waals surface area contributed by atoms with Crippen LogP contribution in [0.3, 0.4) is 0 Å². The summed E-state index contributed by atoms with van der Waals surface area (Å²) in [5.41, 5.74) is 0. The van der Waals surface area contributed by atoms with E-state index in [1.165, 1.54) is 4.90 Å². The van der Waals surface area contributed by atoms with Crippen molar-refractivity contribution in [3.05, 3.63) is 18.2 Å². The molecule has 0 aliphatic carbocycles. The van der Waals surface area contributed by atoms with Crippen molar-refractivity contribution in [3.63, 3.8) is 0 Å². The number of carbonyl (C=O) groups is 2. The summed E-state index contributed by atoms with van der Waals surface area (Å²) in [6.45, 7) is 3.45. The SMILES string of the molecule is CC(C)N(CC(=O)O)C(=O)NCc1ncc[nH]1. The highest BCUT2D eigenvalue weighted by Crippen LogP contribution is 1.99. The van der Waals surface area contributed by atoms with Gasteiger partial charge in [0.2, 0.25) is 0 Å². The van der Waals surface area contributed by atoms with Crippen LogP contribution in [0.25, 0.3) is 0 Å². The number of nitrogens with one attached hydrogen (secondary N) is 2. The summed E-state index contributed by atoms with van der Waals surface area (Å²) in [4.78, 5) is 30.4. The number of rotatable bonds is 5. The van der Waals surface area contributed by atoms with E-state index in [1.54, 1.807) is 26.2 Å². The van der Waals surface area contributed by atoms with Crippen molar-refractivity contribution in [3.8, 4) is 0 Å². The van der Waals surface area contributed by atoms with Gasteiger partial charge in [-0.2, -0.15) is 0 Å². The number of aromatic nitrogens is 2. The molecular formula is C10H16N4O3. The molecule has 0 aromatic carbocycles. The van der Waals surface area contributed by atoms with Gasteiger partial charge in [0, 0.05) is 18.4 Å². The van der Waals surface area contributed by atoms with Crippen molar-refractivity contribution in [2.24, 2.45) is 0 Å². The van der Waals surface area contributed by atoms with Crippen LogP contribution in [0.1, 0.15) is 19.7 Å². The summed E-state index contributed by atoms with van der Waals surface area (Å²) in [6, 6.07) is -0.596. The van der Waals surface area contributed by atoms with E-state index in [0.717, 1.165) is 0 Å². The number of carbonyl (C=O) groups excluding carboxylic acids is 1. The van der Waals surface area contributed by atoms with Gasteiger partial charge in [0.25, 0.3) is 0 Å². The van der Waals surface area contributed by atoms with Crippen LogP contribution in [0.5, 0.6) is 0 Å². The first-order chi connectivity index (χ1) is 8.00. The summed E-state index contributed by atoms with van der Waals surface area (Å²) >= 11 is 0. The minimum absolute atomic E-state index is 0.178. The second kappa shape index (κ2) is 5.88. The maximum absolute atomic E-state index is 11.7. The van der Waals surface area contributed by atoms with E-state index in [2.05, 4.69) is 15.3 Å². The summed E-state index contributed by atoms with van der Waals surface area (Å²) in [5.74, 6) is -0.413. The molecule has 0 aliphatic heterocycles. The van der Waals surface area contributed by atoms with Crippen molar-refractivity contribution >= 4 is 12.0 Å². The summed E-state index contributed by atoms with van der Waals surface area (Å²) in [5, 5.41) is 11.3. The van der Waals surface area contributed by atoms with Gasteiger partial charge in [-0.15, -0.1) is 0 Å². The summed E-state index contributed by atoms with van der Waals surface area (Å²) in [7, 11) is 0. The Labute approximate surface area is 98.8 Å². The molecule has 0 saturated heterocycles. The first kappa shape index (κ1) is 13.0. The average molecular weight is 240 g/mol. The average Bonchev–Trinajstić information content (AvgIpc) is 2.74. The van der Waals surface area contributed by atoms with E-state index in [1.807, 2.05) is 0 Å². The Bertz CT molecular complexity index is 375. The van der Waals surface area contributed by atoms with Crippen LogP contribution in [0.2, 0.25) is 0 Å². The molecule has 94 valence electrons. The van der Waals surface area contributed by atoms with E-state index in [9.17, 15) is 9.59 Å². The van der Waals surface area contributed by atoms with Crippen LogP contribution in [-0.2, 0) is 11.3 Å². The third kappa shape index (κ3) is 4.13. The molecule has 0 radical (unpaired) electrons. The number of H-pyrrole nitrogens is 1. The standard InChI is InChI=1S/C10H16N4O3/c1-7(2)14(6-9(15)16)10(17)13-5-8-11-3-4-12-8/h3-4,7H,5-6H2,1-2H3,(H,11,12)(H,13,17)(H,15,16). The van der Waals surface area contributed by atoms with Gasteiger partial charge in [-0.25, -0.2) is 9.78 Å². The molecular weight excluding hydrogens is 224 g/mol. The minimum Gasteiger partial charge on any atom is -0.480 e. The monoisotopic (exact) mass is 240 g/mol. The minimum atomic E-state index is -1.04. The van der Waals surface area contributed by atoms with Gasteiger partial charge in [-0.05, 0) is 13.8 Å². The first-order valence-corrected chi connectivity index (χ1v) is 5.25. The van der Waals surface area contributed by atoms with Gasteiger partial charge in [0.05, 0.1) is 6.54 Å². The Kier molecular flexibility index (Phi) is 4.50. The number of hydrogen-bond donors (Lipinski definition) is 3. The van der Waals surface area contributed by atoms with Crippen molar-refractivity contribution in [1.29, 1.82) is 0 Å². The summed E-state index contributed by atoms with van der Waals surface area (Å²) < 4.78 is 0. The van der Waals surface area contributed by atoms with E-state index >= 15 is 0 Å². The molecule has 0 fully saturated rings. The second-order valence-corrected chi connectivity index (χ2v) is 3.81. The van der Waals surface area contributed by atoms with Crippen LogP contribution in [0.4, 0.5) is 4.79 Å². The van der Waals surface area contributed by atoms with Crippen molar-refractivity contribution < 1.29 is 14.7 Å². The van der Waals surface area contributed by atoms with Gasteiger partial charge in [-0.3, -0.25) is 4.79 Å². The number of nitrogens with zero attached hydrogens (tertiary/aromatic N) is 2. The van der Waals surface area contributed by atoms with Crippen molar-refractivity contribution in [2.45, 2.75) is 26.4 Å². The third-order valence-corrected chi connectivity index (χ3v) is 2.15. The molecule has 7 nitrogen and oxygen atoms in total. The lowest BCUT2D eigenvalue weighted by Crippen LogP contribution is -2.46. The number of hydrogen-bond acceptors (Lipinski definition) is 3. The lowest BCUT2D eigenvalue weighted by Gasteiger charge is -2.24. The van der Waals surface area contributed by atoms with Gasteiger partial charge in [0.15, 0.2) is 0 Å². The maximum Gasteiger partial charge on any atom is 0.323 e. The number of amides is 2. The predicted octanol–water partition coefficient (Wildman–Crippen LogP) is 0.414. The fourth-order valence-electron chi connectivity index (χ4n) is 1.29. The fraction of sp³-hybridized carbons (Fsp3) is 0.500. The van der Waals surface area contributed by atoms with E-state index < -0.39 is 12.0 Å². The molecule has 0 bridgehead atoms.